The molecule has 2 aromatic rings. The van der Waals surface area contributed by atoms with E-state index in [9.17, 15) is 9.90 Å². The van der Waals surface area contributed by atoms with Crippen molar-refractivity contribution in [1.29, 1.82) is 0 Å². The van der Waals surface area contributed by atoms with E-state index >= 15 is 0 Å². The molecule has 3 rings (SSSR count). The predicted molar refractivity (Wildman–Crippen MR) is 110 cm³/mol. The molecular formula is C22H27NO6. The molecule has 0 radical (unpaired) electrons. The minimum atomic E-state index is -1.18. The van der Waals surface area contributed by atoms with Crippen molar-refractivity contribution >= 4 is 28.9 Å². The van der Waals surface area contributed by atoms with Crippen molar-refractivity contribution in [3.05, 3.63) is 47.7 Å². The van der Waals surface area contributed by atoms with Crippen LogP contribution in [0.2, 0.25) is 0 Å². The van der Waals surface area contributed by atoms with E-state index in [1.165, 1.54) is 0 Å². The van der Waals surface area contributed by atoms with Crippen LogP contribution >= 0.6 is 0 Å². The first-order valence-corrected chi connectivity index (χ1v) is 9.37. The monoisotopic (exact) mass is 401 g/mol. The van der Waals surface area contributed by atoms with Crippen LogP contribution in [0.15, 0.2) is 36.4 Å². The molecule has 7 heteroatoms. The number of nitrogens with zero attached hydrogens (tertiary/aromatic N) is 1. The second-order valence-electron chi connectivity index (χ2n) is 7.40. The van der Waals surface area contributed by atoms with Gasteiger partial charge in [0, 0.05) is 18.0 Å². The lowest BCUT2D eigenvalue weighted by Gasteiger charge is -2.39. The van der Waals surface area contributed by atoms with Crippen LogP contribution in [0.1, 0.15) is 39.0 Å². The Morgan fingerprint density at radius 3 is 2.28 bits per heavy atom. The molecule has 0 bridgehead atoms. The van der Waals surface area contributed by atoms with E-state index in [0.29, 0.717) is 0 Å². The fourth-order valence-electron chi connectivity index (χ4n) is 2.71. The quantitative estimate of drug-likeness (QED) is 0.803. The largest absolute Gasteiger partial charge is 0.481 e. The van der Waals surface area contributed by atoms with Crippen molar-refractivity contribution < 1.29 is 29.3 Å². The summed E-state index contributed by atoms with van der Waals surface area (Å²) < 4.78 is 11.1. The molecule has 2 N–H and O–H groups in total. The Labute approximate surface area is 170 Å². The molecule has 1 aromatic heterocycles. The van der Waals surface area contributed by atoms with Crippen molar-refractivity contribution in [2.75, 3.05) is 13.2 Å². The molecule has 0 aliphatic carbocycles. The topological polar surface area (TPSA) is 106 Å². The normalized spacial score (nSPS) is 17.5. The fraction of sp³-hybridized carbons (Fsp3) is 0.409. The summed E-state index contributed by atoms with van der Waals surface area (Å²) in [7, 11) is 0. The number of ether oxygens (including phenoxy) is 2. The Hall–Kier alpha value is -2.77. The number of aliphatic carboxylic acids is 2. The van der Waals surface area contributed by atoms with E-state index in [4.69, 9.17) is 19.4 Å². The van der Waals surface area contributed by atoms with Crippen LogP contribution in [0, 0.1) is 5.41 Å². The van der Waals surface area contributed by atoms with Gasteiger partial charge in [-0.25, -0.2) is 0 Å². The third-order valence-electron chi connectivity index (χ3n) is 4.51. The van der Waals surface area contributed by atoms with E-state index in [0.717, 1.165) is 35.5 Å². The molecule has 1 aromatic carbocycles. The summed E-state index contributed by atoms with van der Waals surface area (Å²) in [6, 6.07) is 9.99. The highest BCUT2D eigenvalue weighted by Crippen LogP contribution is 2.32. The zero-order chi connectivity index (χ0) is 21.7. The molecule has 7 nitrogen and oxygen atoms in total. The standard InChI is InChI=1S/C20H23NO4.C2H4O2/c1-4-16-8-7-15-6-5-14(11-17(15)21-16)9-10-20(18(22)23)12-24-19(2,3)25-13-20;1-2(3)4/h5-11H,4,12-13H2,1-3H3,(H,22,23);1H3,(H,3,4)/b10-9+;. The number of rotatable bonds is 4. The summed E-state index contributed by atoms with van der Waals surface area (Å²) in [4.78, 5) is 25.4. The smallest absolute Gasteiger partial charge is 0.318 e. The lowest BCUT2D eigenvalue weighted by Crippen LogP contribution is -2.49. The first-order valence-electron chi connectivity index (χ1n) is 9.37. The van der Waals surface area contributed by atoms with Crippen molar-refractivity contribution in [3.63, 3.8) is 0 Å². The average Bonchev–Trinajstić information content (AvgIpc) is 2.66. The van der Waals surface area contributed by atoms with Crippen molar-refractivity contribution in [2.24, 2.45) is 5.41 Å². The number of carbonyl (C=O) groups is 2. The number of aromatic nitrogens is 1. The Morgan fingerprint density at radius 1 is 1.14 bits per heavy atom. The summed E-state index contributed by atoms with van der Waals surface area (Å²) in [6.45, 7) is 6.88. The number of hydrogen-bond donors (Lipinski definition) is 2. The minimum absolute atomic E-state index is 0.0810. The van der Waals surface area contributed by atoms with Crippen LogP contribution in [-0.2, 0) is 25.5 Å². The SMILES string of the molecule is CC(=O)O.CCc1ccc2ccc(/C=C/C3(C(=O)O)COC(C)(C)OC3)cc2n1. The highest BCUT2D eigenvalue weighted by Gasteiger charge is 2.44. The molecule has 0 spiro atoms. The maximum Gasteiger partial charge on any atom is 0.318 e. The lowest BCUT2D eigenvalue weighted by molar-refractivity contribution is -0.275. The number of benzene rings is 1. The van der Waals surface area contributed by atoms with E-state index in [1.807, 2.05) is 24.3 Å². The van der Waals surface area contributed by atoms with Crippen molar-refractivity contribution in [2.45, 2.75) is 39.9 Å². The zero-order valence-electron chi connectivity index (χ0n) is 17.1. The number of pyridine rings is 1. The highest BCUT2D eigenvalue weighted by atomic mass is 16.7. The number of fused-ring (bicyclic) bond motifs is 1. The Kier molecular flexibility index (Phi) is 7.11. The van der Waals surface area contributed by atoms with Gasteiger partial charge in [-0.05, 0) is 38.0 Å². The van der Waals surface area contributed by atoms with Crippen LogP contribution in [0.4, 0.5) is 0 Å². The van der Waals surface area contributed by atoms with Gasteiger partial charge >= 0.3 is 5.97 Å². The molecule has 1 aliphatic heterocycles. The van der Waals surface area contributed by atoms with Crippen LogP contribution < -0.4 is 0 Å². The summed E-state index contributed by atoms with van der Waals surface area (Å²) in [5, 5.41) is 18.1. The molecule has 0 saturated carbocycles. The first-order chi connectivity index (χ1) is 13.6. The third kappa shape index (κ3) is 6.10. The average molecular weight is 401 g/mol. The van der Waals surface area contributed by atoms with Gasteiger partial charge in [-0.3, -0.25) is 14.6 Å². The van der Waals surface area contributed by atoms with Gasteiger partial charge in [0.15, 0.2) is 5.79 Å². The zero-order valence-corrected chi connectivity index (χ0v) is 17.1. The van der Waals surface area contributed by atoms with Crippen molar-refractivity contribution in [3.8, 4) is 0 Å². The molecule has 29 heavy (non-hydrogen) atoms. The van der Waals surface area contributed by atoms with Crippen LogP contribution in [0.3, 0.4) is 0 Å². The lowest BCUT2D eigenvalue weighted by atomic mass is 9.87. The molecule has 156 valence electrons. The highest BCUT2D eigenvalue weighted by molar-refractivity contribution is 5.83. The van der Waals surface area contributed by atoms with Gasteiger partial charge in [0.25, 0.3) is 5.97 Å². The van der Waals surface area contributed by atoms with Crippen molar-refractivity contribution in [1.82, 2.24) is 4.98 Å². The number of hydrogen-bond acceptors (Lipinski definition) is 5. The van der Waals surface area contributed by atoms with Gasteiger partial charge in [-0.1, -0.05) is 37.3 Å². The molecule has 0 unspecified atom stereocenters. The fourth-order valence-corrected chi connectivity index (χ4v) is 2.71. The van der Waals surface area contributed by atoms with Gasteiger partial charge in [-0.2, -0.15) is 0 Å². The van der Waals surface area contributed by atoms with E-state index in [1.54, 1.807) is 26.0 Å². The Morgan fingerprint density at radius 2 is 1.72 bits per heavy atom. The Bertz CT molecular complexity index is 905. The predicted octanol–water partition coefficient (Wildman–Crippen LogP) is 3.76. The summed E-state index contributed by atoms with van der Waals surface area (Å²) in [5.41, 5.74) is 1.66. The van der Waals surface area contributed by atoms with Crippen LogP contribution in [0.25, 0.3) is 17.0 Å². The van der Waals surface area contributed by atoms with Gasteiger partial charge < -0.3 is 19.7 Å². The maximum absolute atomic E-state index is 11.8. The van der Waals surface area contributed by atoms with E-state index in [2.05, 4.69) is 18.0 Å². The third-order valence-corrected chi connectivity index (χ3v) is 4.51. The van der Waals surface area contributed by atoms with Crippen LogP contribution in [0.5, 0.6) is 0 Å². The second-order valence-corrected chi connectivity index (χ2v) is 7.40. The minimum Gasteiger partial charge on any atom is -0.481 e. The molecule has 0 amide bonds. The van der Waals surface area contributed by atoms with Gasteiger partial charge in [0.2, 0.25) is 0 Å². The molecule has 0 atom stereocenters. The molecular weight excluding hydrogens is 374 g/mol. The number of carboxylic acid groups (broad SMARTS) is 2. The van der Waals surface area contributed by atoms with E-state index < -0.39 is 23.1 Å². The molecule has 1 saturated heterocycles. The first kappa shape index (κ1) is 22.5. The van der Waals surface area contributed by atoms with Gasteiger partial charge in [0.1, 0.15) is 5.41 Å². The summed E-state index contributed by atoms with van der Waals surface area (Å²) in [5.74, 6) is -2.54. The number of aryl methyl sites for hydroxylation is 1. The van der Waals surface area contributed by atoms with E-state index in [-0.39, 0.29) is 13.2 Å². The maximum atomic E-state index is 11.8. The van der Waals surface area contributed by atoms with Gasteiger partial charge in [0.05, 0.1) is 18.7 Å². The van der Waals surface area contributed by atoms with Crippen LogP contribution in [-0.4, -0.2) is 46.1 Å². The molecule has 2 heterocycles. The Balaban J connectivity index is 0.000000687. The molecule has 1 aliphatic rings. The second kappa shape index (κ2) is 9.15. The number of carboxylic acids is 2. The summed E-state index contributed by atoms with van der Waals surface area (Å²) in [6.07, 6.45) is 4.34. The summed E-state index contributed by atoms with van der Waals surface area (Å²) >= 11 is 0. The van der Waals surface area contributed by atoms with Gasteiger partial charge in [-0.15, -0.1) is 0 Å². The molecule has 1 fully saturated rings.